The van der Waals surface area contributed by atoms with Crippen molar-refractivity contribution < 1.29 is 4.74 Å². The molecule has 0 fully saturated rings. The Morgan fingerprint density at radius 3 is 1.86 bits per heavy atom. The largest absolute Gasteiger partial charge is 0.457 e. The van der Waals surface area contributed by atoms with Gasteiger partial charge in [-0.1, -0.05) is 170 Å². The smallest absolute Gasteiger partial charge is 0.145 e. The predicted molar refractivity (Wildman–Crippen MR) is 237 cm³/mol. The molecule has 1 spiro atoms. The minimum Gasteiger partial charge on any atom is -0.457 e. The van der Waals surface area contributed by atoms with Crippen LogP contribution < -0.4 is 10.1 Å². The Labute approximate surface area is 337 Å². The van der Waals surface area contributed by atoms with Gasteiger partial charge in [-0.15, -0.1) is 0 Å². The molecule has 0 bridgehead atoms. The maximum Gasteiger partial charge on any atom is 0.145 e. The minimum atomic E-state index is -0.566. The minimum absolute atomic E-state index is 0.218. The second-order valence-corrected chi connectivity index (χ2v) is 15.5. The van der Waals surface area contributed by atoms with Crippen molar-refractivity contribution in [3.8, 4) is 44.9 Å². The molecule has 12 rings (SSSR count). The van der Waals surface area contributed by atoms with Crippen molar-refractivity contribution in [2.24, 2.45) is 4.99 Å². The van der Waals surface area contributed by atoms with Gasteiger partial charge in [0.05, 0.1) is 11.1 Å². The zero-order valence-corrected chi connectivity index (χ0v) is 31.6. The molecular formula is C55H36N2O. The normalized spacial score (nSPS) is 15.2. The third-order valence-electron chi connectivity index (χ3n) is 12.3. The van der Waals surface area contributed by atoms with Crippen LogP contribution in [0.2, 0.25) is 0 Å². The number of benzene rings is 9. The topological polar surface area (TPSA) is 33.6 Å². The number of para-hydroxylation sites is 3. The van der Waals surface area contributed by atoms with Crippen molar-refractivity contribution in [3.05, 3.63) is 245 Å². The average Bonchev–Trinajstić information content (AvgIpc) is 3.59. The summed E-state index contributed by atoms with van der Waals surface area (Å²) >= 11 is 0. The van der Waals surface area contributed by atoms with Gasteiger partial charge >= 0.3 is 0 Å². The van der Waals surface area contributed by atoms with E-state index in [9.17, 15) is 0 Å². The standard InChI is InChI=1S/C55H36N2O/c1-2-15-36(16-3-1)53-45-22-6-9-25-49(45)56-54(57-53)41-20-13-19-39(33-41)37-17-12-18-38(32-37)40-29-30-43-44-31-28-35-14-4-5-21-42(35)52(44)55(48(43)34-40)46-23-7-10-26-50(46)58-51-27-11-8-24-47(51)55/h1-34,54,56H. The molecule has 0 saturated heterocycles. The van der Waals surface area contributed by atoms with Crippen LogP contribution in [0, 0.1) is 0 Å². The fourth-order valence-electron chi connectivity index (χ4n) is 9.80. The molecule has 9 aromatic rings. The number of hydrogen-bond acceptors (Lipinski definition) is 3. The van der Waals surface area contributed by atoms with E-state index < -0.39 is 5.41 Å². The maximum absolute atomic E-state index is 6.67. The Morgan fingerprint density at radius 1 is 0.431 bits per heavy atom. The molecule has 1 unspecified atom stereocenters. The fraction of sp³-hybridized carbons (Fsp3) is 0.0364. The van der Waals surface area contributed by atoms with Crippen LogP contribution in [-0.2, 0) is 5.41 Å². The summed E-state index contributed by atoms with van der Waals surface area (Å²) in [7, 11) is 0. The Bertz CT molecular complexity index is 3100. The third-order valence-corrected chi connectivity index (χ3v) is 12.3. The highest BCUT2D eigenvalue weighted by atomic mass is 16.5. The molecule has 0 radical (unpaired) electrons. The fourth-order valence-corrected chi connectivity index (χ4v) is 9.80. The van der Waals surface area contributed by atoms with E-state index in [1.807, 2.05) is 0 Å². The molecule has 3 aliphatic rings. The van der Waals surface area contributed by atoms with Gasteiger partial charge in [-0.25, -0.2) is 0 Å². The lowest BCUT2D eigenvalue weighted by Crippen LogP contribution is -2.32. The van der Waals surface area contributed by atoms with Crippen molar-refractivity contribution in [2.75, 3.05) is 5.32 Å². The molecule has 1 aliphatic carbocycles. The Hall–Kier alpha value is -7.49. The summed E-state index contributed by atoms with van der Waals surface area (Å²) < 4.78 is 6.67. The van der Waals surface area contributed by atoms with Crippen LogP contribution in [0.5, 0.6) is 11.5 Å². The number of nitrogens with zero attached hydrogens (tertiary/aromatic N) is 1. The van der Waals surface area contributed by atoms with Crippen molar-refractivity contribution in [1.82, 2.24) is 0 Å². The van der Waals surface area contributed by atoms with Crippen molar-refractivity contribution in [2.45, 2.75) is 11.6 Å². The molecule has 3 heteroatoms. The third kappa shape index (κ3) is 4.83. The van der Waals surface area contributed by atoms with Gasteiger partial charge in [0, 0.05) is 27.9 Å². The SMILES string of the molecule is c1ccc(C2=NC(c3cccc(-c4cccc(-c5ccc6c(c5)C5(c7ccccc7Oc7ccccc75)c5c-6ccc6ccccc56)c4)c3)Nc3ccccc32)cc1. The monoisotopic (exact) mass is 740 g/mol. The van der Waals surface area contributed by atoms with Gasteiger partial charge in [-0.3, -0.25) is 4.99 Å². The van der Waals surface area contributed by atoms with Crippen LogP contribution in [0.15, 0.2) is 211 Å². The summed E-state index contributed by atoms with van der Waals surface area (Å²) in [6.45, 7) is 0. The molecule has 0 amide bonds. The van der Waals surface area contributed by atoms with Crippen LogP contribution in [0.4, 0.5) is 5.69 Å². The maximum atomic E-state index is 6.67. The first kappa shape index (κ1) is 32.7. The first-order valence-corrected chi connectivity index (χ1v) is 20.0. The van der Waals surface area contributed by atoms with Gasteiger partial charge in [0.15, 0.2) is 0 Å². The van der Waals surface area contributed by atoms with E-state index in [2.05, 4.69) is 212 Å². The van der Waals surface area contributed by atoms with E-state index >= 15 is 0 Å². The molecule has 58 heavy (non-hydrogen) atoms. The summed E-state index contributed by atoms with van der Waals surface area (Å²) in [5, 5.41) is 6.22. The van der Waals surface area contributed by atoms with Crippen LogP contribution in [-0.4, -0.2) is 5.71 Å². The summed E-state index contributed by atoms with van der Waals surface area (Å²) in [5.41, 5.74) is 17.0. The molecule has 1 N–H and O–H groups in total. The molecule has 0 saturated carbocycles. The summed E-state index contributed by atoms with van der Waals surface area (Å²) in [4.78, 5) is 5.30. The van der Waals surface area contributed by atoms with Crippen LogP contribution >= 0.6 is 0 Å². The van der Waals surface area contributed by atoms with E-state index in [0.717, 1.165) is 50.7 Å². The molecule has 1 atom stereocenters. The summed E-state index contributed by atoms with van der Waals surface area (Å²) in [6.07, 6.45) is -0.218. The molecule has 9 aromatic carbocycles. The number of fused-ring (bicyclic) bond motifs is 12. The lowest BCUT2D eigenvalue weighted by atomic mass is 9.65. The van der Waals surface area contributed by atoms with Gasteiger partial charge in [-0.2, -0.15) is 0 Å². The predicted octanol–water partition coefficient (Wildman–Crippen LogP) is 13.6. The number of anilines is 1. The second-order valence-electron chi connectivity index (χ2n) is 15.5. The molecule has 272 valence electrons. The number of ether oxygens (including phenoxy) is 1. The lowest BCUT2D eigenvalue weighted by molar-refractivity contribution is 0.437. The highest BCUT2D eigenvalue weighted by molar-refractivity contribution is 6.17. The molecular weight excluding hydrogens is 705 g/mol. The van der Waals surface area contributed by atoms with Gasteiger partial charge in [0.2, 0.25) is 0 Å². The Morgan fingerprint density at radius 2 is 1.05 bits per heavy atom. The van der Waals surface area contributed by atoms with E-state index in [1.165, 1.54) is 55.3 Å². The highest BCUT2D eigenvalue weighted by Crippen LogP contribution is 2.63. The van der Waals surface area contributed by atoms with E-state index in [0.29, 0.717) is 0 Å². The van der Waals surface area contributed by atoms with Crippen LogP contribution in [0.1, 0.15) is 45.1 Å². The Kier molecular flexibility index (Phi) is 7.21. The van der Waals surface area contributed by atoms with Gasteiger partial charge in [0.25, 0.3) is 0 Å². The van der Waals surface area contributed by atoms with Crippen LogP contribution in [0.3, 0.4) is 0 Å². The highest BCUT2D eigenvalue weighted by Gasteiger charge is 2.52. The molecule has 3 nitrogen and oxygen atoms in total. The Balaban J connectivity index is 0.994. The molecule has 2 aliphatic heterocycles. The zero-order chi connectivity index (χ0) is 38.2. The van der Waals surface area contributed by atoms with Crippen molar-refractivity contribution in [1.29, 1.82) is 0 Å². The quantitative estimate of drug-likeness (QED) is 0.195. The van der Waals surface area contributed by atoms with E-state index in [-0.39, 0.29) is 6.17 Å². The van der Waals surface area contributed by atoms with Crippen LogP contribution in [0.25, 0.3) is 44.2 Å². The lowest BCUT2D eigenvalue weighted by Gasteiger charge is -2.40. The number of nitrogens with one attached hydrogen (secondary N) is 1. The molecule has 2 heterocycles. The van der Waals surface area contributed by atoms with Gasteiger partial charge < -0.3 is 10.1 Å². The number of hydrogen-bond donors (Lipinski definition) is 1. The van der Waals surface area contributed by atoms with Crippen molar-refractivity contribution in [3.63, 3.8) is 0 Å². The second kappa shape index (κ2) is 12.8. The summed E-state index contributed by atoms with van der Waals surface area (Å²) in [6, 6.07) is 74.4. The molecule has 0 aromatic heterocycles. The average molecular weight is 741 g/mol. The van der Waals surface area contributed by atoms with Gasteiger partial charge in [0.1, 0.15) is 17.7 Å². The van der Waals surface area contributed by atoms with E-state index in [1.54, 1.807) is 0 Å². The first-order chi connectivity index (χ1) is 28.7. The number of aliphatic imine (C=N–C) groups is 1. The van der Waals surface area contributed by atoms with Gasteiger partial charge in [-0.05, 0) is 97.2 Å². The summed E-state index contributed by atoms with van der Waals surface area (Å²) in [5.74, 6) is 1.80. The first-order valence-electron chi connectivity index (χ1n) is 20.0. The zero-order valence-electron chi connectivity index (χ0n) is 31.6. The van der Waals surface area contributed by atoms with E-state index in [4.69, 9.17) is 9.73 Å². The van der Waals surface area contributed by atoms with Crippen molar-refractivity contribution >= 4 is 22.2 Å². The number of rotatable bonds is 4.